The second kappa shape index (κ2) is 6.34. The number of anilines is 1. The van der Waals surface area contributed by atoms with Crippen LogP contribution in [0, 0.1) is 6.92 Å². The van der Waals surface area contributed by atoms with Gasteiger partial charge < -0.3 is 9.30 Å². The van der Waals surface area contributed by atoms with Gasteiger partial charge in [0.25, 0.3) is 0 Å². The molecule has 7 heteroatoms. The second-order valence-electron chi connectivity index (χ2n) is 6.73. The highest BCUT2D eigenvalue weighted by atomic mass is 32.1. The molecule has 0 radical (unpaired) electrons. The monoisotopic (exact) mass is 364 g/mol. The topological polar surface area (TPSA) is 49.6 Å². The number of fused-ring (bicyclic) bond motifs is 2. The minimum Gasteiger partial charge on any atom is -0.353 e. The summed E-state index contributed by atoms with van der Waals surface area (Å²) in [4.78, 5) is 20.9. The van der Waals surface area contributed by atoms with Crippen molar-refractivity contribution in [2.75, 3.05) is 31.1 Å². The molecule has 4 aromatic rings. The summed E-state index contributed by atoms with van der Waals surface area (Å²) < 4.78 is 2.09. The highest BCUT2D eigenvalue weighted by Crippen LogP contribution is 2.30. The summed E-state index contributed by atoms with van der Waals surface area (Å²) >= 11 is 1.74. The molecule has 5 rings (SSSR count). The number of hydrogen-bond donors (Lipinski definition) is 0. The van der Waals surface area contributed by atoms with Gasteiger partial charge in [0, 0.05) is 50.0 Å². The van der Waals surface area contributed by atoms with Gasteiger partial charge in [-0.2, -0.15) is 0 Å². The maximum atomic E-state index is 4.72. The van der Waals surface area contributed by atoms with Crippen molar-refractivity contribution < 1.29 is 0 Å². The van der Waals surface area contributed by atoms with Crippen molar-refractivity contribution in [1.29, 1.82) is 0 Å². The standard InChI is InChI=1S/C19H20N6S/c1-14-10-16-18(20-13-21-19(16)26-14)24-8-6-23(7-9-24)11-15-12-25-5-3-2-4-17(25)22-15/h2-5,10,12-13H,6-9,11H2,1H3. The molecule has 1 saturated heterocycles. The summed E-state index contributed by atoms with van der Waals surface area (Å²) in [6, 6.07) is 8.31. The van der Waals surface area contributed by atoms with E-state index in [2.05, 4.69) is 43.4 Å². The molecule has 0 atom stereocenters. The van der Waals surface area contributed by atoms with Gasteiger partial charge in [-0.25, -0.2) is 15.0 Å². The number of pyridine rings is 1. The molecule has 0 spiro atoms. The first-order valence-corrected chi connectivity index (χ1v) is 9.69. The van der Waals surface area contributed by atoms with E-state index in [4.69, 9.17) is 4.98 Å². The molecule has 6 nitrogen and oxygen atoms in total. The van der Waals surface area contributed by atoms with Crippen molar-refractivity contribution in [2.24, 2.45) is 0 Å². The van der Waals surface area contributed by atoms with E-state index in [1.165, 1.54) is 10.3 Å². The van der Waals surface area contributed by atoms with Crippen LogP contribution in [0.15, 0.2) is 43.0 Å². The minimum absolute atomic E-state index is 0.895. The van der Waals surface area contributed by atoms with Gasteiger partial charge in [0.15, 0.2) is 0 Å². The summed E-state index contributed by atoms with van der Waals surface area (Å²) in [6.45, 7) is 7.02. The summed E-state index contributed by atoms with van der Waals surface area (Å²) in [5.74, 6) is 1.08. The molecule has 4 aromatic heterocycles. The maximum Gasteiger partial charge on any atom is 0.140 e. The van der Waals surface area contributed by atoms with E-state index in [1.54, 1.807) is 17.7 Å². The van der Waals surface area contributed by atoms with Gasteiger partial charge in [0.05, 0.1) is 11.1 Å². The fourth-order valence-corrected chi connectivity index (χ4v) is 4.47. The predicted octanol–water partition coefficient (Wildman–Crippen LogP) is 2.97. The average molecular weight is 364 g/mol. The van der Waals surface area contributed by atoms with E-state index in [-0.39, 0.29) is 0 Å². The molecule has 0 amide bonds. The van der Waals surface area contributed by atoms with Crippen molar-refractivity contribution in [3.63, 3.8) is 0 Å². The van der Waals surface area contributed by atoms with Crippen LogP contribution >= 0.6 is 11.3 Å². The van der Waals surface area contributed by atoms with Gasteiger partial charge in [-0.3, -0.25) is 4.90 Å². The Kier molecular flexibility index (Phi) is 3.83. The molecule has 0 N–H and O–H groups in total. The van der Waals surface area contributed by atoms with E-state index in [1.807, 2.05) is 24.4 Å². The van der Waals surface area contributed by atoms with Crippen molar-refractivity contribution in [3.8, 4) is 0 Å². The lowest BCUT2D eigenvalue weighted by molar-refractivity contribution is 0.247. The van der Waals surface area contributed by atoms with Gasteiger partial charge in [-0.05, 0) is 25.1 Å². The molecule has 0 saturated carbocycles. The predicted molar refractivity (Wildman–Crippen MR) is 105 cm³/mol. The molecule has 1 aliphatic heterocycles. The third kappa shape index (κ3) is 2.83. The zero-order valence-corrected chi connectivity index (χ0v) is 15.5. The lowest BCUT2D eigenvalue weighted by atomic mass is 10.2. The number of rotatable bonds is 3. The first kappa shape index (κ1) is 15.7. The first-order valence-electron chi connectivity index (χ1n) is 8.87. The van der Waals surface area contributed by atoms with Gasteiger partial charge in [-0.1, -0.05) is 6.07 Å². The Labute approximate surface area is 155 Å². The maximum absolute atomic E-state index is 4.72. The third-order valence-electron chi connectivity index (χ3n) is 4.90. The van der Waals surface area contributed by atoms with Crippen molar-refractivity contribution >= 4 is 33.0 Å². The Morgan fingerprint density at radius 2 is 2.00 bits per heavy atom. The van der Waals surface area contributed by atoms with Crippen LogP contribution in [0.3, 0.4) is 0 Å². The van der Waals surface area contributed by atoms with Gasteiger partial charge in [0.1, 0.15) is 22.6 Å². The number of piperazine rings is 1. The average Bonchev–Trinajstić information content (AvgIpc) is 3.23. The lowest BCUT2D eigenvalue weighted by Gasteiger charge is -2.35. The van der Waals surface area contributed by atoms with Crippen molar-refractivity contribution in [1.82, 2.24) is 24.3 Å². The van der Waals surface area contributed by atoms with Gasteiger partial charge in [0.2, 0.25) is 0 Å². The Morgan fingerprint density at radius 1 is 1.12 bits per heavy atom. The molecule has 0 aromatic carbocycles. The Hall–Kier alpha value is -2.51. The molecule has 0 aliphatic carbocycles. The number of aromatic nitrogens is 4. The van der Waals surface area contributed by atoms with Crippen LogP contribution in [0.1, 0.15) is 10.6 Å². The minimum atomic E-state index is 0.895. The van der Waals surface area contributed by atoms with Crippen molar-refractivity contribution in [3.05, 3.63) is 53.6 Å². The van der Waals surface area contributed by atoms with Crippen LogP contribution in [0.4, 0.5) is 5.82 Å². The lowest BCUT2D eigenvalue weighted by Crippen LogP contribution is -2.46. The van der Waals surface area contributed by atoms with Gasteiger partial charge in [-0.15, -0.1) is 11.3 Å². The number of nitrogens with zero attached hydrogens (tertiary/aromatic N) is 6. The molecule has 5 heterocycles. The number of hydrogen-bond acceptors (Lipinski definition) is 6. The largest absolute Gasteiger partial charge is 0.353 e. The third-order valence-corrected chi connectivity index (χ3v) is 5.86. The fourth-order valence-electron chi connectivity index (χ4n) is 3.63. The summed E-state index contributed by atoms with van der Waals surface area (Å²) in [6.07, 6.45) is 5.87. The van der Waals surface area contributed by atoms with Crippen LogP contribution in [-0.2, 0) is 6.54 Å². The molecular weight excluding hydrogens is 344 g/mol. The number of thiophene rings is 1. The normalized spacial score (nSPS) is 16.0. The Bertz CT molecular complexity index is 1030. The van der Waals surface area contributed by atoms with E-state index >= 15 is 0 Å². The Balaban J connectivity index is 1.29. The van der Waals surface area contributed by atoms with Crippen LogP contribution in [0.25, 0.3) is 15.9 Å². The Morgan fingerprint density at radius 3 is 2.85 bits per heavy atom. The summed E-state index contributed by atoms with van der Waals surface area (Å²) in [7, 11) is 0. The zero-order valence-electron chi connectivity index (χ0n) is 14.7. The second-order valence-corrected chi connectivity index (χ2v) is 7.97. The molecule has 0 bridgehead atoms. The molecule has 0 unspecified atom stereocenters. The zero-order chi connectivity index (χ0) is 17.5. The van der Waals surface area contributed by atoms with E-state index in [9.17, 15) is 0 Å². The fraction of sp³-hybridized carbons (Fsp3) is 0.316. The van der Waals surface area contributed by atoms with Crippen LogP contribution in [0.5, 0.6) is 0 Å². The number of imidazole rings is 1. The van der Waals surface area contributed by atoms with Crippen LogP contribution < -0.4 is 4.90 Å². The highest BCUT2D eigenvalue weighted by molar-refractivity contribution is 7.18. The van der Waals surface area contributed by atoms with Gasteiger partial charge >= 0.3 is 0 Å². The SMILES string of the molecule is Cc1cc2c(N3CCN(Cc4cn5ccccc5n4)CC3)ncnc2s1. The van der Waals surface area contributed by atoms with E-state index in [0.717, 1.165) is 54.7 Å². The molecule has 132 valence electrons. The number of aryl methyl sites for hydroxylation is 1. The van der Waals surface area contributed by atoms with Crippen LogP contribution in [-0.4, -0.2) is 50.4 Å². The summed E-state index contributed by atoms with van der Waals surface area (Å²) in [5.41, 5.74) is 2.14. The van der Waals surface area contributed by atoms with Crippen molar-refractivity contribution in [2.45, 2.75) is 13.5 Å². The summed E-state index contributed by atoms with van der Waals surface area (Å²) in [5, 5.41) is 1.18. The highest BCUT2D eigenvalue weighted by Gasteiger charge is 2.21. The first-order chi connectivity index (χ1) is 12.8. The molecule has 1 fully saturated rings. The smallest absolute Gasteiger partial charge is 0.140 e. The molecule has 1 aliphatic rings. The van der Waals surface area contributed by atoms with Crippen LogP contribution in [0.2, 0.25) is 0 Å². The molecule has 26 heavy (non-hydrogen) atoms. The van der Waals surface area contributed by atoms with E-state index in [0.29, 0.717) is 0 Å². The van der Waals surface area contributed by atoms with E-state index < -0.39 is 0 Å². The quantitative estimate of drug-likeness (QED) is 0.559. The molecular formula is C19H20N6S.